The Kier molecular flexibility index (Phi) is 4.62. The first-order chi connectivity index (χ1) is 13.1. The van der Waals surface area contributed by atoms with E-state index in [2.05, 4.69) is 20.5 Å². The largest absolute Gasteiger partial charge is 0.435 e. The summed E-state index contributed by atoms with van der Waals surface area (Å²) < 4.78 is 30.8. The molecule has 1 aliphatic carbocycles. The number of fused-ring (bicyclic) bond motifs is 2. The molecular weight excluding hydrogens is 354 g/mol. The number of benzene rings is 2. The van der Waals surface area contributed by atoms with Gasteiger partial charge in [-0.1, -0.05) is 18.2 Å². The summed E-state index contributed by atoms with van der Waals surface area (Å²) in [6.07, 6.45) is 3.94. The van der Waals surface area contributed by atoms with Gasteiger partial charge in [-0.3, -0.25) is 0 Å². The van der Waals surface area contributed by atoms with Crippen LogP contribution in [0.25, 0.3) is 11.0 Å². The summed E-state index contributed by atoms with van der Waals surface area (Å²) in [4.78, 5) is 16.7. The second-order valence-electron chi connectivity index (χ2n) is 6.37. The molecule has 4 rings (SSSR count). The number of halogens is 2. The molecule has 0 aliphatic heterocycles. The Balaban J connectivity index is 1.48. The minimum Gasteiger partial charge on any atom is -0.435 e. The van der Waals surface area contributed by atoms with E-state index in [1.807, 2.05) is 24.3 Å². The molecule has 2 aromatic carbocycles. The number of carbonyl (C=O) groups excluding carboxylic acids is 1. The molecule has 1 aromatic heterocycles. The lowest BCUT2D eigenvalue weighted by Gasteiger charge is -2.27. The molecule has 1 aliphatic rings. The maximum absolute atomic E-state index is 12.4. The van der Waals surface area contributed by atoms with Gasteiger partial charge in [0.25, 0.3) is 0 Å². The highest BCUT2D eigenvalue weighted by Gasteiger charge is 2.23. The van der Waals surface area contributed by atoms with E-state index in [1.54, 1.807) is 23.1 Å². The number of hydrogen-bond acceptors (Lipinski definition) is 3. The fourth-order valence-corrected chi connectivity index (χ4v) is 3.46. The predicted octanol–water partition coefficient (Wildman–Crippen LogP) is 3.97. The van der Waals surface area contributed by atoms with Crippen LogP contribution in [0.5, 0.6) is 5.75 Å². The van der Waals surface area contributed by atoms with Crippen LogP contribution in [0.2, 0.25) is 0 Å². The number of hydrogen-bond donors (Lipinski definition) is 2. The van der Waals surface area contributed by atoms with Crippen molar-refractivity contribution < 1.29 is 18.3 Å². The first kappa shape index (κ1) is 17.3. The zero-order valence-corrected chi connectivity index (χ0v) is 14.4. The van der Waals surface area contributed by atoms with Gasteiger partial charge in [0.15, 0.2) is 0 Å². The molecule has 0 saturated heterocycles. The van der Waals surface area contributed by atoms with E-state index in [-0.39, 0.29) is 17.8 Å². The molecule has 6 nitrogen and oxygen atoms in total. The van der Waals surface area contributed by atoms with E-state index in [1.165, 1.54) is 6.07 Å². The number of carbonyl (C=O) groups is 1. The number of aromatic nitrogens is 2. The lowest BCUT2D eigenvalue weighted by Crippen LogP contribution is -2.37. The second-order valence-corrected chi connectivity index (χ2v) is 6.37. The molecule has 0 spiro atoms. The van der Waals surface area contributed by atoms with Crippen molar-refractivity contribution in [2.24, 2.45) is 0 Å². The van der Waals surface area contributed by atoms with Gasteiger partial charge in [0.2, 0.25) is 0 Å². The van der Waals surface area contributed by atoms with Crippen molar-refractivity contribution in [3.63, 3.8) is 0 Å². The Bertz CT molecular complexity index is 973. The molecule has 0 bridgehead atoms. The van der Waals surface area contributed by atoms with Crippen molar-refractivity contribution in [3.8, 4) is 5.75 Å². The normalized spacial score (nSPS) is 16.2. The van der Waals surface area contributed by atoms with E-state index in [9.17, 15) is 13.6 Å². The molecule has 8 heteroatoms. The molecule has 1 heterocycles. The number of imidazole rings is 1. The zero-order chi connectivity index (χ0) is 18.8. The van der Waals surface area contributed by atoms with Crippen LogP contribution in [0.4, 0.5) is 13.6 Å². The Labute approximate surface area is 154 Å². The van der Waals surface area contributed by atoms with Crippen LogP contribution < -0.4 is 15.5 Å². The molecule has 0 fully saturated rings. The van der Waals surface area contributed by atoms with Gasteiger partial charge in [-0.2, -0.15) is 8.78 Å². The molecular formula is C19H18F2N4O2. The summed E-state index contributed by atoms with van der Waals surface area (Å²) in [5.74, 6) is 0.138. The molecule has 1 unspecified atom stereocenters. The van der Waals surface area contributed by atoms with Gasteiger partial charge in [0.05, 0.1) is 17.1 Å². The van der Waals surface area contributed by atoms with E-state index in [0.29, 0.717) is 0 Å². The summed E-state index contributed by atoms with van der Waals surface area (Å²) in [6, 6.07) is 11.8. The Hall–Kier alpha value is -3.16. The third-order valence-corrected chi connectivity index (χ3v) is 4.63. The highest BCUT2D eigenvalue weighted by molar-refractivity contribution is 5.85. The van der Waals surface area contributed by atoms with Crippen LogP contribution in [0.15, 0.2) is 48.8 Å². The Morgan fingerprint density at radius 1 is 1.26 bits per heavy atom. The topological polar surface area (TPSA) is 68.2 Å². The summed E-state index contributed by atoms with van der Waals surface area (Å²) in [7, 11) is 0. The first-order valence-electron chi connectivity index (χ1n) is 8.67. The molecule has 3 aromatic rings. The third-order valence-electron chi connectivity index (χ3n) is 4.63. The van der Waals surface area contributed by atoms with Gasteiger partial charge < -0.3 is 10.1 Å². The maximum atomic E-state index is 12.4. The lowest BCUT2D eigenvalue weighted by atomic mass is 9.87. The number of aryl methyl sites for hydroxylation is 1. The average Bonchev–Trinajstić information content (AvgIpc) is 3.04. The number of rotatable bonds is 4. The van der Waals surface area contributed by atoms with Gasteiger partial charge in [-0.25, -0.2) is 19.9 Å². The zero-order valence-electron chi connectivity index (χ0n) is 14.4. The fraction of sp³-hybridized carbons (Fsp3) is 0.263. The molecule has 0 saturated carbocycles. The molecule has 140 valence electrons. The van der Waals surface area contributed by atoms with Crippen LogP contribution in [-0.2, 0) is 6.42 Å². The third kappa shape index (κ3) is 3.69. The van der Waals surface area contributed by atoms with Crippen molar-refractivity contribution in [1.82, 2.24) is 15.0 Å². The fourth-order valence-electron chi connectivity index (χ4n) is 3.46. The number of amides is 2. The minimum absolute atomic E-state index is 0.138. The van der Waals surface area contributed by atoms with Gasteiger partial charge in [-0.15, -0.1) is 0 Å². The molecule has 2 amide bonds. The number of urea groups is 1. The highest BCUT2D eigenvalue weighted by atomic mass is 19.3. The second kappa shape index (κ2) is 7.22. The van der Waals surface area contributed by atoms with Crippen molar-refractivity contribution in [2.75, 3.05) is 5.43 Å². The van der Waals surface area contributed by atoms with E-state index in [4.69, 9.17) is 0 Å². The number of ether oxygens (including phenoxy) is 1. The lowest BCUT2D eigenvalue weighted by molar-refractivity contribution is -0.0499. The predicted molar refractivity (Wildman–Crippen MR) is 96.4 cm³/mol. The number of para-hydroxylation sites is 2. The molecule has 27 heavy (non-hydrogen) atoms. The number of nitrogens with zero attached hydrogens (tertiary/aromatic N) is 2. The summed E-state index contributed by atoms with van der Waals surface area (Å²) >= 11 is 0. The quantitative estimate of drug-likeness (QED) is 0.728. The van der Waals surface area contributed by atoms with Gasteiger partial charge >= 0.3 is 12.6 Å². The van der Waals surface area contributed by atoms with E-state index < -0.39 is 6.61 Å². The van der Waals surface area contributed by atoms with E-state index >= 15 is 0 Å². The molecule has 1 atom stereocenters. The standard InChI is InChI=1S/C19H18F2N4O2/c20-18(21)27-13-8-9-14-12(10-13)4-3-6-15(14)23-19(26)24-25-11-22-16-5-1-2-7-17(16)25/h1-2,5,7-11,15,18H,3-4,6H2,(H2,23,24,26). The number of nitrogens with one attached hydrogen (secondary N) is 2. The van der Waals surface area contributed by atoms with Gasteiger partial charge in [0, 0.05) is 0 Å². The average molecular weight is 372 g/mol. The monoisotopic (exact) mass is 372 g/mol. The molecule has 0 radical (unpaired) electrons. The van der Waals surface area contributed by atoms with E-state index in [0.717, 1.165) is 41.4 Å². The van der Waals surface area contributed by atoms with Gasteiger partial charge in [0.1, 0.15) is 12.1 Å². The van der Waals surface area contributed by atoms with Crippen LogP contribution in [0, 0.1) is 0 Å². The van der Waals surface area contributed by atoms with Crippen molar-refractivity contribution in [3.05, 3.63) is 59.9 Å². The smallest absolute Gasteiger partial charge is 0.387 e. The van der Waals surface area contributed by atoms with Gasteiger partial charge in [-0.05, 0) is 54.7 Å². The first-order valence-corrected chi connectivity index (χ1v) is 8.67. The summed E-state index contributed by atoms with van der Waals surface area (Å²) in [5, 5.41) is 2.95. The SMILES string of the molecule is O=C(NC1CCCc2cc(OC(F)F)ccc21)Nn1cnc2ccccc21. The van der Waals surface area contributed by atoms with Crippen LogP contribution in [0.3, 0.4) is 0 Å². The number of alkyl halides is 2. The molecule has 2 N–H and O–H groups in total. The summed E-state index contributed by atoms with van der Waals surface area (Å²) in [6.45, 7) is -2.85. The van der Waals surface area contributed by atoms with Crippen molar-refractivity contribution in [1.29, 1.82) is 0 Å². The summed E-state index contributed by atoms with van der Waals surface area (Å²) in [5.41, 5.74) is 6.18. The minimum atomic E-state index is -2.85. The van der Waals surface area contributed by atoms with Crippen LogP contribution >= 0.6 is 0 Å². The Morgan fingerprint density at radius 2 is 2.11 bits per heavy atom. The van der Waals surface area contributed by atoms with Crippen molar-refractivity contribution >= 4 is 17.1 Å². The maximum Gasteiger partial charge on any atom is 0.387 e. The van der Waals surface area contributed by atoms with Crippen LogP contribution in [0.1, 0.15) is 30.0 Å². The highest BCUT2D eigenvalue weighted by Crippen LogP contribution is 2.32. The van der Waals surface area contributed by atoms with Crippen molar-refractivity contribution in [2.45, 2.75) is 31.9 Å². The van der Waals surface area contributed by atoms with Crippen LogP contribution in [-0.4, -0.2) is 22.3 Å². The Morgan fingerprint density at radius 3 is 2.96 bits per heavy atom.